The lowest BCUT2D eigenvalue weighted by Gasteiger charge is -2.06. The molecule has 0 spiro atoms. The minimum absolute atomic E-state index is 0.00625. The van der Waals surface area contributed by atoms with Crippen LogP contribution in [0.1, 0.15) is 16.1 Å². The van der Waals surface area contributed by atoms with Gasteiger partial charge in [-0.15, -0.1) is 5.10 Å². The molecule has 0 saturated heterocycles. The zero-order valence-electron chi connectivity index (χ0n) is 10.0. The topological polar surface area (TPSA) is 92.8 Å². The SMILES string of the molecule is COc1n[nH]c(NC(=O)c2ccc(C(F)(F)F)nc2)n1. The summed E-state index contributed by atoms with van der Waals surface area (Å²) in [6.45, 7) is 0. The summed E-state index contributed by atoms with van der Waals surface area (Å²) in [5.74, 6) is -0.670. The summed E-state index contributed by atoms with van der Waals surface area (Å²) in [6, 6.07) is 1.75. The van der Waals surface area contributed by atoms with Gasteiger partial charge in [-0.1, -0.05) is 0 Å². The Hall–Kier alpha value is -2.65. The Bertz CT molecular complexity index is 608. The second kappa shape index (κ2) is 5.15. The van der Waals surface area contributed by atoms with Gasteiger partial charge in [0.1, 0.15) is 5.69 Å². The first-order valence-electron chi connectivity index (χ1n) is 5.21. The Labute approximate surface area is 110 Å². The number of ether oxygens (including phenoxy) is 1. The maximum atomic E-state index is 12.3. The first-order valence-corrected chi connectivity index (χ1v) is 5.21. The number of alkyl halides is 3. The predicted octanol–water partition coefficient (Wildman–Crippen LogP) is 1.48. The van der Waals surface area contributed by atoms with Crippen molar-refractivity contribution in [1.29, 1.82) is 0 Å². The molecule has 2 aromatic heterocycles. The van der Waals surface area contributed by atoms with Crippen LogP contribution in [-0.4, -0.2) is 33.2 Å². The van der Waals surface area contributed by atoms with Crippen LogP contribution in [0.25, 0.3) is 0 Å². The van der Waals surface area contributed by atoms with Gasteiger partial charge in [0.2, 0.25) is 5.95 Å². The van der Waals surface area contributed by atoms with Crippen molar-refractivity contribution in [2.45, 2.75) is 6.18 Å². The molecule has 0 aliphatic heterocycles. The number of hydrogen-bond acceptors (Lipinski definition) is 5. The Kier molecular flexibility index (Phi) is 3.55. The quantitative estimate of drug-likeness (QED) is 0.892. The lowest BCUT2D eigenvalue weighted by molar-refractivity contribution is -0.141. The van der Waals surface area contributed by atoms with Gasteiger partial charge in [0.15, 0.2) is 0 Å². The summed E-state index contributed by atoms with van der Waals surface area (Å²) in [5, 5.41) is 8.27. The first kappa shape index (κ1) is 13.8. The van der Waals surface area contributed by atoms with E-state index in [0.29, 0.717) is 0 Å². The molecule has 2 heterocycles. The number of halogens is 3. The van der Waals surface area contributed by atoms with Gasteiger partial charge in [0.25, 0.3) is 5.91 Å². The number of carbonyl (C=O) groups excluding carboxylic acids is 1. The molecule has 2 rings (SSSR count). The maximum Gasteiger partial charge on any atom is 0.433 e. The van der Waals surface area contributed by atoms with Crippen molar-refractivity contribution >= 4 is 11.9 Å². The summed E-state index contributed by atoms with van der Waals surface area (Å²) < 4.78 is 41.6. The van der Waals surface area contributed by atoms with Crippen molar-refractivity contribution in [3.05, 3.63) is 29.6 Å². The molecule has 20 heavy (non-hydrogen) atoms. The Morgan fingerprint density at radius 3 is 2.65 bits per heavy atom. The van der Waals surface area contributed by atoms with Crippen LogP contribution in [0.5, 0.6) is 6.01 Å². The van der Waals surface area contributed by atoms with Gasteiger partial charge < -0.3 is 4.74 Å². The fraction of sp³-hybridized carbons (Fsp3) is 0.200. The minimum atomic E-state index is -4.55. The van der Waals surface area contributed by atoms with E-state index in [-0.39, 0.29) is 17.5 Å². The molecule has 2 aromatic rings. The minimum Gasteiger partial charge on any atom is -0.466 e. The van der Waals surface area contributed by atoms with Crippen LogP contribution in [0.15, 0.2) is 18.3 Å². The van der Waals surface area contributed by atoms with E-state index in [2.05, 4.69) is 25.5 Å². The van der Waals surface area contributed by atoms with Gasteiger partial charge in [-0.3, -0.25) is 15.1 Å². The van der Waals surface area contributed by atoms with Crippen LogP contribution in [0.3, 0.4) is 0 Å². The van der Waals surface area contributed by atoms with Crippen LogP contribution in [0, 0.1) is 0 Å². The number of nitrogens with one attached hydrogen (secondary N) is 2. The number of H-pyrrole nitrogens is 1. The van der Waals surface area contributed by atoms with Crippen LogP contribution in [0.4, 0.5) is 19.1 Å². The van der Waals surface area contributed by atoms with Crippen molar-refractivity contribution in [3.63, 3.8) is 0 Å². The molecule has 1 amide bonds. The highest BCUT2D eigenvalue weighted by Gasteiger charge is 2.32. The predicted molar refractivity (Wildman–Crippen MR) is 60.1 cm³/mol. The molecule has 106 valence electrons. The number of methoxy groups -OCH3 is 1. The first-order chi connectivity index (χ1) is 9.40. The van der Waals surface area contributed by atoms with Crippen molar-refractivity contribution < 1.29 is 22.7 Å². The monoisotopic (exact) mass is 287 g/mol. The van der Waals surface area contributed by atoms with E-state index in [0.717, 1.165) is 18.3 Å². The van der Waals surface area contributed by atoms with E-state index in [9.17, 15) is 18.0 Å². The fourth-order valence-corrected chi connectivity index (χ4v) is 1.27. The van der Waals surface area contributed by atoms with Crippen LogP contribution >= 0.6 is 0 Å². The average molecular weight is 287 g/mol. The summed E-state index contributed by atoms with van der Waals surface area (Å²) in [7, 11) is 1.34. The number of nitrogens with zero attached hydrogens (tertiary/aromatic N) is 3. The average Bonchev–Trinajstić information content (AvgIpc) is 2.85. The van der Waals surface area contributed by atoms with Gasteiger partial charge >= 0.3 is 12.2 Å². The van der Waals surface area contributed by atoms with Gasteiger partial charge in [-0.25, -0.2) is 5.10 Å². The number of pyridine rings is 1. The number of amides is 1. The van der Waals surface area contributed by atoms with Gasteiger partial charge in [0, 0.05) is 6.20 Å². The second-order valence-corrected chi connectivity index (χ2v) is 3.55. The van der Waals surface area contributed by atoms with Crippen molar-refractivity contribution in [3.8, 4) is 6.01 Å². The Morgan fingerprint density at radius 2 is 2.15 bits per heavy atom. The number of rotatable bonds is 3. The molecular weight excluding hydrogens is 279 g/mol. The highest BCUT2D eigenvalue weighted by molar-refractivity contribution is 6.03. The zero-order valence-corrected chi connectivity index (χ0v) is 10.0. The van der Waals surface area contributed by atoms with Gasteiger partial charge in [0.05, 0.1) is 12.7 Å². The van der Waals surface area contributed by atoms with E-state index < -0.39 is 17.8 Å². The molecule has 0 aliphatic carbocycles. The molecule has 0 atom stereocenters. The fourth-order valence-electron chi connectivity index (χ4n) is 1.27. The summed E-state index contributed by atoms with van der Waals surface area (Å²) in [4.78, 5) is 18.6. The van der Waals surface area contributed by atoms with E-state index >= 15 is 0 Å². The molecule has 0 bridgehead atoms. The molecule has 0 unspecified atom stereocenters. The molecule has 0 aliphatic rings. The number of hydrogen-bond donors (Lipinski definition) is 2. The third-order valence-electron chi connectivity index (χ3n) is 2.20. The lowest BCUT2D eigenvalue weighted by atomic mass is 10.2. The van der Waals surface area contributed by atoms with Crippen molar-refractivity contribution in [2.75, 3.05) is 12.4 Å². The van der Waals surface area contributed by atoms with E-state index in [1.54, 1.807) is 0 Å². The molecule has 0 fully saturated rings. The standard InChI is InChI=1S/C10H8F3N5O2/c1-20-9-16-8(17-18-9)15-7(19)5-2-3-6(14-4-5)10(11,12)13/h2-4H,1H3,(H2,15,16,17,18,19). The number of aromatic amines is 1. The zero-order chi connectivity index (χ0) is 14.8. The second-order valence-electron chi connectivity index (χ2n) is 3.55. The third-order valence-corrected chi connectivity index (χ3v) is 2.20. The molecule has 10 heteroatoms. The number of carbonyl (C=O) groups is 1. The number of anilines is 1. The van der Waals surface area contributed by atoms with Gasteiger partial charge in [-0.05, 0) is 12.1 Å². The summed E-state index contributed by atoms with van der Waals surface area (Å²) in [6.07, 6.45) is -3.72. The molecule has 0 saturated carbocycles. The normalized spacial score (nSPS) is 11.2. The molecule has 0 aromatic carbocycles. The Morgan fingerprint density at radius 1 is 1.40 bits per heavy atom. The largest absolute Gasteiger partial charge is 0.466 e. The smallest absolute Gasteiger partial charge is 0.433 e. The van der Waals surface area contributed by atoms with Crippen LogP contribution in [0.2, 0.25) is 0 Å². The molecule has 2 N–H and O–H groups in total. The van der Waals surface area contributed by atoms with E-state index in [4.69, 9.17) is 4.74 Å². The van der Waals surface area contributed by atoms with Crippen molar-refractivity contribution in [1.82, 2.24) is 20.2 Å². The highest BCUT2D eigenvalue weighted by Crippen LogP contribution is 2.27. The van der Waals surface area contributed by atoms with Crippen molar-refractivity contribution in [2.24, 2.45) is 0 Å². The molecule has 7 nitrogen and oxygen atoms in total. The van der Waals surface area contributed by atoms with Gasteiger partial charge in [-0.2, -0.15) is 18.2 Å². The maximum absolute atomic E-state index is 12.3. The van der Waals surface area contributed by atoms with E-state index in [1.807, 2.05) is 0 Å². The molecule has 0 radical (unpaired) electrons. The highest BCUT2D eigenvalue weighted by atomic mass is 19.4. The lowest BCUT2D eigenvalue weighted by Crippen LogP contribution is -2.15. The summed E-state index contributed by atoms with van der Waals surface area (Å²) in [5.41, 5.74) is -1.12. The van der Waals surface area contributed by atoms with E-state index in [1.165, 1.54) is 7.11 Å². The Balaban J connectivity index is 2.09. The third kappa shape index (κ3) is 3.02. The number of aromatic nitrogens is 4. The van der Waals surface area contributed by atoms with Crippen LogP contribution in [-0.2, 0) is 6.18 Å². The summed E-state index contributed by atoms with van der Waals surface area (Å²) >= 11 is 0. The van der Waals surface area contributed by atoms with Crippen LogP contribution < -0.4 is 10.1 Å². The molecular formula is C10H8F3N5O2.